The Morgan fingerprint density at radius 3 is 2.44 bits per heavy atom. The van der Waals surface area contributed by atoms with Crippen molar-refractivity contribution in [3.05, 3.63) is 83.1 Å². The first kappa shape index (κ1) is 21.6. The molecule has 1 amide bonds. The van der Waals surface area contributed by atoms with Crippen LogP contribution in [0.5, 0.6) is 11.5 Å². The number of amides is 1. The Bertz CT molecular complexity index is 1200. The van der Waals surface area contributed by atoms with Gasteiger partial charge < -0.3 is 19.4 Å². The molecule has 2 heterocycles. The van der Waals surface area contributed by atoms with E-state index in [1.165, 1.54) is 23.5 Å². The van der Waals surface area contributed by atoms with Crippen LogP contribution >= 0.6 is 11.3 Å². The van der Waals surface area contributed by atoms with E-state index in [9.17, 15) is 9.18 Å². The van der Waals surface area contributed by atoms with Gasteiger partial charge in [0.25, 0.3) is 5.91 Å². The molecule has 4 aromatic rings. The molecule has 32 heavy (non-hydrogen) atoms. The van der Waals surface area contributed by atoms with Crippen molar-refractivity contribution in [3.8, 4) is 28.3 Å². The number of hydrogen-bond donors (Lipinski definition) is 1. The Labute approximate surface area is 190 Å². The quantitative estimate of drug-likeness (QED) is 0.338. The van der Waals surface area contributed by atoms with Gasteiger partial charge in [0, 0.05) is 29.4 Å². The molecule has 4 rings (SSSR count). The van der Waals surface area contributed by atoms with E-state index < -0.39 is 0 Å². The predicted molar refractivity (Wildman–Crippen MR) is 126 cm³/mol. The molecule has 7 heteroatoms. The molecule has 2 aromatic carbocycles. The Morgan fingerprint density at radius 2 is 1.75 bits per heavy atom. The molecule has 0 bridgehead atoms. The molecule has 164 valence electrons. The van der Waals surface area contributed by atoms with Crippen molar-refractivity contribution in [3.63, 3.8) is 0 Å². The van der Waals surface area contributed by atoms with Gasteiger partial charge in [-0.15, -0.1) is 11.3 Å². The van der Waals surface area contributed by atoms with Crippen LogP contribution in [0.2, 0.25) is 0 Å². The van der Waals surface area contributed by atoms with Gasteiger partial charge in [-0.25, -0.2) is 4.39 Å². The normalized spacial score (nSPS) is 10.7. The highest BCUT2D eigenvalue weighted by Crippen LogP contribution is 2.37. The van der Waals surface area contributed by atoms with Crippen LogP contribution in [-0.4, -0.2) is 23.7 Å². The molecule has 0 unspecified atom stereocenters. The van der Waals surface area contributed by atoms with Gasteiger partial charge in [-0.1, -0.05) is 12.1 Å². The molecular formula is C25H23FN2O3S. The molecule has 0 aliphatic heterocycles. The molecule has 0 saturated heterocycles. The molecule has 0 fully saturated rings. The average molecular weight is 451 g/mol. The molecular weight excluding hydrogens is 427 g/mol. The summed E-state index contributed by atoms with van der Waals surface area (Å²) in [6.07, 6.45) is 3.76. The lowest BCUT2D eigenvalue weighted by atomic mass is 10.1. The van der Waals surface area contributed by atoms with E-state index in [1.807, 2.05) is 54.4 Å². The summed E-state index contributed by atoms with van der Waals surface area (Å²) in [4.78, 5) is 13.9. The van der Waals surface area contributed by atoms with Crippen LogP contribution in [0.1, 0.15) is 23.5 Å². The number of rotatable bonds is 8. The maximum Gasteiger partial charge on any atom is 0.268 e. The van der Waals surface area contributed by atoms with Crippen LogP contribution in [0.15, 0.2) is 72.4 Å². The van der Waals surface area contributed by atoms with Gasteiger partial charge in [0.15, 0.2) is 0 Å². The third-order valence-electron chi connectivity index (χ3n) is 4.80. The molecule has 2 aromatic heterocycles. The van der Waals surface area contributed by atoms with E-state index in [4.69, 9.17) is 9.47 Å². The Morgan fingerprint density at radius 1 is 1.03 bits per heavy atom. The zero-order valence-electron chi connectivity index (χ0n) is 17.8. The van der Waals surface area contributed by atoms with Gasteiger partial charge in [0.05, 0.1) is 24.6 Å². The van der Waals surface area contributed by atoms with Crippen LogP contribution in [0.3, 0.4) is 0 Å². The summed E-state index contributed by atoms with van der Waals surface area (Å²) in [6, 6.07) is 15.4. The topological polar surface area (TPSA) is 52.5 Å². The maximum atomic E-state index is 13.5. The zero-order valence-corrected chi connectivity index (χ0v) is 18.6. The largest absolute Gasteiger partial charge is 0.494 e. The summed E-state index contributed by atoms with van der Waals surface area (Å²) in [6.45, 7) is 4.78. The summed E-state index contributed by atoms with van der Waals surface area (Å²) >= 11 is 1.34. The summed E-state index contributed by atoms with van der Waals surface area (Å²) in [5.74, 6) is 0.654. The zero-order chi connectivity index (χ0) is 22.5. The van der Waals surface area contributed by atoms with E-state index in [0.29, 0.717) is 35.3 Å². The van der Waals surface area contributed by atoms with Crippen molar-refractivity contribution in [1.29, 1.82) is 0 Å². The van der Waals surface area contributed by atoms with Crippen molar-refractivity contribution in [2.75, 3.05) is 18.5 Å². The van der Waals surface area contributed by atoms with Crippen LogP contribution in [0.4, 0.5) is 10.1 Å². The average Bonchev–Trinajstić information content (AvgIpc) is 3.46. The van der Waals surface area contributed by atoms with Gasteiger partial charge in [-0.3, -0.25) is 4.79 Å². The minimum absolute atomic E-state index is 0.262. The van der Waals surface area contributed by atoms with Gasteiger partial charge in [-0.2, -0.15) is 0 Å². The van der Waals surface area contributed by atoms with Crippen LogP contribution < -0.4 is 14.8 Å². The molecule has 0 aliphatic rings. The first-order valence-corrected chi connectivity index (χ1v) is 11.2. The van der Waals surface area contributed by atoms with Crippen molar-refractivity contribution in [2.24, 2.45) is 0 Å². The lowest BCUT2D eigenvalue weighted by Crippen LogP contribution is -2.14. The minimum atomic E-state index is -0.304. The fourth-order valence-electron chi connectivity index (χ4n) is 3.41. The number of thiophene rings is 1. The Hall–Kier alpha value is -3.58. The smallest absolute Gasteiger partial charge is 0.268 e. The second-order valence-electron chi connectivity index (χ2n) is 6.90. The number of carbonyl (C=O) groups excluding carboxylic acids is 1. The van der Waals surface area contributed by atoms with E-state index in [1.54, 1.807) is 24.3 Å². The predicted octanol–water partition coefficient (Wildman–Crippen LogP) is 6.39. The highest BCUT2D eigenvalue weighted by molar-refractivity contribution is 7.13. The van der Waals surface area contributed by atoms with E-state index in [2.05, 4.69) is 5.32 Å². The fourth-order valence-corrected chi connectivity index (χ4v) is 4.38. The third-order valence-corrected chi connectivity index (χ3v) is 5.77. The summed E-state index contributed by atoms with van der Waals surface area (Å²) in [5.41, 5.74) is 2.96. The number of anilines is 1. The lowest BCUT2D eigenvalue weighted by Gasteiger charge is -2.14. The first-order valence-electron chi connectivity index (χ1n) is 10.3. The van der Waals surface area contributed by atoms with Crippen molar-refractivity contribution < 1.29 is 18.7 Å². The fraction of sp³-hybridized carbons (Fsp3) is 0.160. The standard InChI is InChI=1S/C25H23FN2O3S/c1-3-30-19-11-12-22(31-4-2)21(15-19)27-25(29)24-23(28-13-5-6-14-28)20(16-32-24)17-7-9-18(26)10-8-17/h5-16H,3-4H2,1-2H3,(H,27,29). The molecule has 0 saturated carbocycles. The number of nitrogens with one attached hydrogen (secondary N) is 1. The highest BCUT2D eigenvalue weighted by atomic mass is 32.1. The monoisotopic (exact) mass is 450 g/mol. The molecule has 1 N–H and O–H groups in total. The third kappa shape index (κ3) is 4.53. The summed E-state index contributed by atoms with van der Waals surface area (Å²) < 4.78 is 26.6. The molecule has 0 atom stereocenters. The van der Waals surface area contributed by atoms with E-state index in [0.717, 1.165) is 16.8 Å². The number of halogens is 1. The minimum Gasteiger partial charge on any atom is -0.494 e. The van der Waals surface area contributed by atoms with Crippen molar-refractivity contribution in [1.82, 2.24) is 4.57 Å². The number of hydrogen-bond acceptors (Lipinski definition) is 4. The Kier molecular flexibility index (Phi) is 6.56. The van der Waals surface area contributed by atoms with Crippen LogP contribution in [0.25, 0.3) is 16.8 Å². The van der Waals surface area contributed by atoms with Crippen molar-refractivity contribution >= 4 is 22.9 Å². The molecule has 5 nitrogen and oxygen atoms in total. The number of nitrogens with zero attached hydrogens (tertiary/aromatic N) is 1. The first-order chi connectivity index (χ1) is 15.6. The van der Waals surface area contributed by atoms with Crippen LogP contribution in [-0.2, 0) is 0 Å². The van der Waals surface area contributed by atoms with Crippen LogP contribution in [0, 0.1) is 5.82 Å². The van der Waals surface area contributed by atoms with Gasteiger partial charge >= 0.3 is 0 Å². The number of aromatic nitrogens is 1. The number of benzene rings is 2. The van der Waals surface area contributed by atoms with E-state index in [-0.39, 0.29) is 11.7 Å². The second-order valence-corrected chi connectivity index (χ2v) is 7.78. The number of ether oxygens (including phenoxy) is 2. The van der Waals surface area contributed by atoms with Gasteiger partial charge in [0.1, 0.15) is 22.2 Å². The lowest BCUT2D eigenvalue weighted by molar-refractivity contribution is 0.103. The molecule has 0 spiro atoms. The summed E-state index contributed by atoms with van der Waals surface area (Å²) in [5, 5.41) is 4.89. The Balaban J connectivity index is 1.73. The highest BCUT2D eigenvalue weighted by Gasteiger charge is 2.22. The summed E-state index contributed by atoms with van der Waals surface area (Å²) in [7, 11) is 0. The molecule has 0 aliphatic carbocycles. The van der Waals surface area contributed by atoms with Gasteiger partial charge in [0.2, 0.25) is 0 Å². The van der Waals surface area contributed by atoms with Crippen molar-refractivity contribution in [2.45, 2.75) is 13.8 Å². The van der Waals surface area contributed by atoms with E-state index >= 15 is 0 Å². The number of carbonyl (C=O) groups is 1. The second kappa shape index (κ2) is 9.70. The maximum absolute atomic E-state index is 13.5. The molecule has 0 radical (unpaired) electrons. The van der Waals surface area contributed by atoms with Gasteiger partial charge in [-0.05, 0) is 55.8 Å². The SMILES string of the molecule is CCOc1ccc(OCC)c(NC(=O)c2scc(-c3ccc(F)cc3)c2-n2cccc2)c1.